The van der Waals surface area contributed by atoms with Crippen LogP contribution in [-0.2, 0) is 14.6 Å². The van der Waals surface area contributed by atoms with Crippen LogP contribution in [-0.4, -0.2) is 63.4 Å². The van der Waals surface area contributed by atoms with Gasteiger partial charge in [0.05, 0.1) is 28.3 Å². The number of likely N-dealkylation sites (tertiary alicyclic amines) is 1. The maximum Gasteiger partial charge on any atom is 0.410 e. The number of fused-ring (bicyclic) bond motifs is 1. The van der Waals surface area contributed by atoms with Crippen molar-refractivity contribution in [1.29, 1.82) is 0 Å². The Morgan fingerprint density at radius 1 is 1.14 bits per heavy atom. The first-order valence-electron chi connectivity index (χ1n) is 11.7. The zero-order valence-corrected chi connectivity index (χ0v) is 20.3. The van der Waals surface area contributed by atoms with E-state index in [2.05, 4.69) is 20.3 Å². The molecule has 2 aromatic heterocycles. The molecule has 1 aromatic carbocycles. The molecule has 1 saturated heterocycles. The number of piperidine rings is 1. The quantitative estimate of drug-likeness (QED) is 0.540. The van der Waals surface area contributed by atoms with Crippen LogP contribution in [0.4, 0.5) is 20.7 Å². The number of aromatic nitrogens is 4. The fourth-order valence-corrected chi connectivity index (χ4v) is 5.95. The van der Waals surface area contributed by atoms with E-state index in [-0.39, 0.29) is 28.8 Å². The fraction of sp³-hybridized carbons (Fsp3) is 0.478. The maximum absolute atomic E-state index is 14.8. The molecule has 5 rings (SSSR count). The molecular formula is C23H27FN6O4S. The van der Waals surface area contributed by atoms with Crippen LogP contribution in [0.2, 0.25) is 0 Å². The van der Waals surface area contributed by atoms with E-state index in [1.807, 2.05) is 18.4 Å². The van der Waals surface area contributed by atoms with Crippen molar-refractivity contribution in [2.75, 3.05) is 18.4 Å². The SMILES string of the molecule is CC(C)OC(=O)N1CCC(n2cnc3c(Nc4ccc(S(=O)(=O)C5CC5)cc4F)ncnc32)CC1. The lowest BCUT2D eigenvalue weighted by Crippen LogP contribution is -2.40. The van der Waals surface area contributed by atoms with Gasteiger partial charge in [-0.1, -0.05) is 0 Å². The summed E-state index contributed by atoms with van der Waals surface area (Å²) in [6.45, 7) is 4.77. The number of hydrogen-bond donors (Lipinski definition) is 1. The standard InChI is InChI=1S/C23H27FN6O4S/c1-14(2)34-23(31)29-9-7-15(8-10-29)30-13-27-20-21(25-12-26-22(20)30)28-19-6-5-17(11-18(19)24)35(32,33)16-3-4-16/h5-6,11-16H,3-4,7-10H2,1-2H3,(H,25,26,28). The smallest absolute Gasteiger partial charge is 0.410 e. The lowest BCUT2D eigenvalue weighted by Gasteiger charge is -2.32. The Hall–Kier alpha value is -3.28. The van der Waals surface area contributed by atoms with Gasteiger partial charge in [0.2, 0.25) is 0 Å². The molecule has 0 atom stereocenters. The highest BCUT2D eigenvalue weighted by Gasteiger charge is 2.37. The number of hydrogen-bond acceptors (Lipinski definition) is 8. The van der Waals surface area contributed by atoms with Crippen molar-refractivity contribution in [3.63, 3.8) is 0 Å². The van der Waals surface area contributed by atoms with E-state index in [1.54, 1.807) is 11.2 Å². The summed E-state index contributed by atoms with van der Waals surface area (Å²) in [6, 6.07) is 3.95. The van der Waals surface area contributed by atoms with Gasteiger partial charge in [-0.15, -0.1) is 0 Å². The van der Waals surface area contributed by atoms with Crippen LogP contribution in [0.25, 0.3) is 11.2 Å². The summed E-state index contributed by atoms with van der Waals surface area (Å²) >= 11 is 0. The minimum Gasteiger partial charge on any atom is -0.447 e. The first-order valence-corrected chi connectivity index (χ1v) is 13.2. The highest BCUT2D eigenvalue weighted by molar-refractivity contribution is 7.92. The van der Waals surface area contributed by atoms with E-state index >= 15 is 0 Å². The predicted octanol–water partition coefficient (Wildman–Crippen LogP) is 3.83. The van der Waals surface area contributed by atoms with Crippen LogP contribution in [0.15, 0.2) is 35.7 Å². The molecule has 0 bridgehead atoms. The lowest BCUT2D eigenvalue weighted by atomic mass is 10.1. The predicted molar refractivity (Wildman–Crippen MR) is 127 cm³/mol. The van der Waals surface area contributed by atoms with Gasteiger partial charge in [-0.05, 0) is 57.7 Å². The Morgan fingerprint density at radius 3 is 2.54 bits per heavy atom. The molecule has 0 spiro atoms. The molecule has 0 radical (unpaired) electrons. The van der Waals surface area contributed by atoms with Gasteiger partial charge in [0.15, 0.2) is 26.8 Å². The van der Waals surface area contributed by atoms with E-state index in [1.165, 1.54) is 18.5 Å². The van der Waals surface area contributed by atoms with Gasteiger partial charge in [-0.25, -0.2) is 32.6 Å². The molecule has 12 heteroatoms. The number of rotatable bonds is 6. The normalized spacial score (nSPS) is 17.2. The summed E-state index contributed by atoms with van der Waals surface area (Å²) < 4.78 is 46.8. The molecule has 2 fully saturated rings. The molecule has 1 N–H and O–H groups in total. The number of amides is 1. The van der Waals surface area contributed by atoms with Gasteiger partial charge in [-0.2, -0.15) is 0 Å². The summed E-state index contributed by atoms with van der Waals surface area (Å²) in [7, 11) is -3.48. The van der Waals surface area contributed by atoms with Crippen molar-refractivity contribution in [1.82, 2.24) is 24.4 Å². The number of carbonyl (C=O) groups excluding carboxylic acids is 1. The number of ether oxygens (including phenoxy) is 1. The number of anilines is 2. The second-order valence-corrected chi connectivity index (χ2v) is 11.4. The number of imidazole rings is 1. The van der Waals surface area contributed by atoms with Crippen molar-refractivity contribution in [2.45, 2.75) is 61.8 Å². The monoisotopic (exact) mass is 502 g/mol. The van der Waals surface area contributed by atoms with E-state index < -0.39 is 20.9 Å². The zero-order valence-electron chi connectivity index (χ0n) is 19.5. The molecule has 186 valence electrons. The van der Waals surface area contributed by atoms with Crippen LogP contribution in [0, 0.1) is 5.82 Å². The van der Waals surface area contributed by atoms with Crippen molar-refractivity contribution < 1.29 is 22.3 Å². The minimum absolute atomic E-state index is 0.0104. The number of carbonyl (C=O) groups is 1. The summed E-state index contributed by atoms with van der Waals surface area (Å²) in [5.41, 5.74) is 1.17. The first-order chi connectivity index (χ1) is 16.7. The average molecular weight is 503 g/mol. The highest BCUT2D eigenvalue weighted by atomic mass is 32.2. The van der Waals surface area contributed by atoms with Gasteiger partial charge in [0, 0.05) is 19.1 Å². The summed E-state index contributed by atoms with van der Waals surface area (Å²) in [6.07, 6.45) is 5.26. The van der Waals surface area contributed by atoms with E-state index in [4.69, 9.17) is 4.74 Å². The first kappa shape index (κ1) is 23.5. The van der Waals surface area contributed by atoms with Crippen molar-refractivity contribution in [3.05, 3.63) is 36.7 Å². The number of nitrogens with one attached hydrogen (secondary N) is 1. The Labute approximate surface area is 202 Å². The highest BCUT2D eigenvalue weighted by Crippen LogP contribution is 2.35. The van der Waals surface area contributed by atoms with Gasteiger partial charge in [-0.3, -0.25) is 0 Å². The topological polar surface area (TPSA) is 119 Å². The Bertz CT molecular complexity index is 1360. The van der Waals surface area contributed by atoms with Crippen LogP contribution in [0.5, 0.6) is 0 Å². The van der Waals surface area contributed by atoms with E-state index in [9.17, 15) is 17.6 Å². The number of halogens is 1. The van der Waals surface area contributed by atoms with E-state index in [0.717, 1.165) is 18.9 Å². The van der Waals surface area contributed by atoms with Gasteiger partial charge < -0.3 is 19.5 Å². The molecule has 0 unspecified atom stereocenters. The molecule has 3 heterocycles. The maximum atomic E-state index is 14.8. The van der Waals surface area contributed by atoms with Crippen molar-refractivity contribution in [2.24, 2.45) is 0 Å². The Morgan fingerprint density at radius 2 is 1.89 bits per heavy atom. The third-order valence-corrected chi connectivity index (χ3v) is 8.56. The lowest BCUT2D eigenvalue weighted by molar-refractivity contribution is 0.0663. The second-order valence-electron chi connectivity index (χ2n) is 9.21. The number of sulfone groups is 1. The Kier molecular flexibility index (Phi) is 6.07. The van der Waals surface area contributed by atoms with Crippen LogP contribution in [0.1, 0.15) is 45.6 Å². The van der Waals surface area contributed by atoms with Gasteiger partial charge in [0.1, 0.15) is 12.1 Å². The minimum atomic E-state index is -3.48. The molecular weight excluding hydrogens is 475 g/mol. The third kappa shape index (κ3) is 4.66. The molecule has 35 heavy (non-hydrogen) atoms. The van der Waals surface area contributed by atoms with Crippen molar-refractivity contribution >= 4 is 38.6 Å². The third-order valence-electron chi connectivity index (χ3n) is 6.30. The largest absolute Gasteiger partial charge is 0.447 e. The summed E-state index contributed by atoms with van der Waals surface area (Å²) in [5, 5.41) is 2.53. The average Bonchev–Trinajstić information content (AvgIpc) is 3.60. The van der Waals surface area contributed by atoms with E-state index in [0.29, 0.717) is 42.9 Å². The molecule has 1 amide bonds. The molecule has 1 saturated carbocycles. The molecule has 10 nitrogen and oxygen atoms in total. The summed E-state index contributed by atoms with van der Waals surface area (Å²) in [4.78, 5) is 26.9. The second kappa shape index (κ2) is 9.06. The number of nitrogens with zero attached hydrogens (tertiary/aromatic N) is 5. The molecule has 1 aliphatic heterocycles. The zero-order chi connectivity index (χ0) is 24.7. The van der Waals surface area contributed by atoms with Gasteiger partial charge in [0.25, 0.3) is 0 Å². The molecule has 1 aliphatic carbocycles. The fourth-order valence-electron chi connectivity index (χ4n) is 4.29. The molecule has 2 aliphatic rings. The van der Waals surface area contributed by atoms with Crippen LogP contribution >= 0.6 is 0 Å². The summed E-state index contributed by atoms with van der Waals surface area (Å²) in [5.74, 6) is -0.359. The van der Waals surface area contributed by atoms with Crippen LogP contribution in [0.3, 0.4) is 0 Å². The number of benzene rings is 1. The van der Waals surface area contributed by atoms with Crippen LogP contribution < -0.4 is 5.32 Å². The molecule has 3 aromatic rings. The Balaban J connectivity index is 1.33. The van der Waals surface area contributed by atoms with Gasteiger partial charge >= 0.3 is 6.09 Å². The van der Waals surface area contributed by atoms with Crippen molar-refractivity contribution in [3.8, 4) is 0 Å².